The van der Waals surface area contributed by atoms with Crippen LogP contribution in [-0.2, 0) is 4.74 Å². The van der Waals surface area contributed by atoms with Crippen LogP contribution in [0.25, 0.3) is 11.1 Å². The van der Waals surface area contributed by atoms with E-state index in [2.05, 4.69) is 4.74 Å². The zero-order valence-corrected chi connectivity index (χ0v) is 10.2. The predicted octanol–water partition coefficient (Wildman–Crippen LogP) is 3.59. The molecule has 2 aromatic carbocycles. The predicted molar refractivity (Wildman–Crippen MR) is 67.9 cm³/mol. The zero-order chi connectivity index (χ0) is 13.1. The lowest BCUT2D eigenvalue weighted by Gasteiger charge is -2.08. The van der Waals surface area contributed by atoms with Crippen molar-refractivity contribution in [3.63, 3.8) is 0 Å². The molecular weight excluding hydrogens is 231 g/mol. The van der Waals surface area contributed by atoms with Crippen molar-refractivity contribution in [2.75, 3.05) is 7.11 Å². The Hall–Kier alpha value is -2.16. The Labute approximate surface area is 105 Å². The molecular formula is C15H13FO2. The summed E-state index contributed by atoms with van der Waals surface area (Å²) >= 11 is 0. The Kier molecular flexibility index (Phi) is 3.42. The van der Waals surface area contributed by atoms with E-state index in [1.807, 2.05) is 31.2 Å². The van der Waals surface area contributed by atoms with Gasteiger partial charge in [0.05, 0.1) is 12.7 Å². The van der Waals surface area contributed by atoms with Crippen LogP contribution in [0.2, 0.25) is 0 Å². The van der Waals surface area contributed by atoms with Gasteiger partial charge >= 0.3 is 5.97 Å². The SMILES string of the molecule is COC(=O)c1cc(F)ccc1-c1ccc(C)cc1. The van der Waals surface area contributed by atoms with E-state index in [-0.39, 0.29) is 5.56 Å². The van der Waals surface area contributed by atoms with Gasteiger partial charge in [-0.2, -0.15) is 0 Å². The Morgan fingerprint density at radius 3 is 2.39 bits per heavy atom. The number of hydrogen-bond donors (Lipinski definition) is 0. The summed E-state index contributed by atoms with van der Waals surface area (Å²) < 4.78 is 17.9. The number of methoxy groups -OCH3 is 1. The average Bonchev–Trinajstić information content (AvgIpc) is 2.39. The highest BCUT2D eigenvalue weighted by molar-refractivity contribution is 5.97. The van der Waals surface area contributed by atoms with Crippen LogP contribution >= 0.6 is 0 Å². The Morgan fingerprint density at radius 2 is 1.78 bits per heavy atom. The van der Waals surface area contributed by atoms with Crippen LogP contribution in [-0.4, -0.2) is 13.1 Å². The Balaban J connectivity index is 2.56. The average molecular weight is 244 g/mol. The first kappa shape index (κ1) is 12.3. The molecule has 0 aliphatic heterocycles. The summed E-state index contributed by atoms with van der Waals surface area (Å²) in [7, 11) is 1.28. The molecule has 0 aliphatic rings. The highest BCUT2D eigenvalue weighted by atomic mass is 19.1. The van der Waals surface area contributed by atoms with Gasteiger partial charge in [-0.3, -0.25) is 0 Å². The summed E-state index contributed by atoms with van der Waals surface area (Å²) in [6, 6.07) is 11.8. The van der Waals surface area contributed by atoms with Gasteiger partial charge in [0, 0.05) is 0 Å². The van der Waals surface area contributed by atoms with Crippen molar-refractivity contribution in [1.82, 2.24) is 0 Å². The van der Waals surface area contributed by atoms with Crippen LogP contribution in [0.15, 0.2) is 42.5 Å². The molecule has 3 heteroatoms. The lowest BCUT2D eigenvalue weighted by Crippen LogP contribution is -2.04. The summed E-state index contributed by atoms with van der Waals surface area (Å²) in [5, 5.41) is 0. The highest BCUT2D eigenvalue weighted by Crippen LogP contribution is 2.25. The second-order valence-corrected chi connectivity index (χ2v) is 4.05. The standard InChI is InChI=1S/C15H13FO2/c1-10-3-5-11(6-4-10)13-8-7-12(16)9-14(13)15(17)18-2/h3-9H,1-2H3. The molecule has 2 aromatic rings. The summed E-state index contributed by atoms with van der Waals surface area (Å²) in [5.41, 5.74) is 2.89. The summed E-state index contributed by atoms with van der Waals surface area (Å²) in [4.78, 5) is 11.6. The van der Waals surface area contributed by atoms with E-state index >= 15 is 0 Å². The minimum atomic E-state index is -0.537. The third kappa shape index (κ3) is 2.40. The van der Waals surface area contributed by atoms with E-state index in [1.165, 1.54) is 19.2 Å². The molecule has 18 heavy (non-hydrogen) atoms. The van der Waals surface area contributed by atoms with Gasteiger partial charge < -0.3 is 4.74 Å². The number of aryl methyl sites for hydroxylation is 1. The van der Waals surface area contributed by atoms with Gasteiger partial charge in [0.15, 0.2) is 0 Å². The largest absolute Gasteiger partial charge is 0.465 e. The first-order valence-corrected chi connectivity index (χ1v) is 5.56. The van der Waals surface area contributed by atoms with Gasteiger partial charge in [-0.15, -0.1) is 0 Å². The monoisotopic (exact) mass is 244 g/mol. The van der Waals surface area contributed by atoms with Gasteiger partial charge in [0.1, 0.15) is 5.82 Å². The molecule has 0 unspecified atom stereocenters. The fourth-order valence-corrected chi connectivity index (χ4v) is 1.78. The summed E-state index contributed by atoms with van der Waals surface area (Å²) in [5.74, 6) is -0.990. The molecule has 0 amide bonds. The first-order chi connectivity index (χ1) is 8.61. The summed E-state index contributed by atoms with van der Waals surface area (Å²) in [6.07, 6.45) is 0. The van der Waals surface area contributed by atoms with Crippen LogP contribution in [0.1, 0.15) is 15.9 Å². The Bertz CT molecular complexity index is 574. The minimum absolute atomic E-state index is 0.237. The number of ether oxygens (including phenoxy) is 1. The van der Waals surface area contributed by atoms with Crippen molar-refractivity contribution in [1.29, 1.82) is 0 Å². The van der Waals surface area contributed by atoms with E-state index in [1.54, 1.807) is 6.07 Å². The lowest BCUT2D eigenvalue weighted by atomic mass is 9.99. The molecule has 0 spiro atoms. The van der Waals surface area contributed by atoms with E-state index in [0.717, 1.165) is 11.1 Å². The second-order valence-electron chi connectivity index (χ2n) is 4.05. The molecule has 0 heterocycles. The Morgan fingerprint density at radius 1 is 1.11 bits per heavy atom. The zero-order valence-electron chi connectivity index (χ0n) is 10.2. The van der Waals surface area contributed by atoms with E-state index in [0.29, 0.717) is 5.56 Å². The van der Waals surface area contributed by atoms with Crippen molar-refractivity contribution < 1.29 is 13.9 Å². The number of benzene rings is 2. The van der Waals surface area contributed by atoms with Gasteiger partial charge in [0.25, 0.3) is 0 Å². The fraction of sp³-hybridized carbons (Fsp3) is 0.133. The number of carbonyl (C=O) groups excluding carboxylic acids is 1. The van der Waals surface area contributed by atoms with Crippen LogP contribution in [0.4, 0.5) is 4.39 Å². The van der Waals surface area contributed by atoms with E-state index < -0.39 is 11.8 Å². The molecule has 2 nitrogen and oxygen atoms in total. The van der Waals surface area contributed by atoms with Gasteiger partial charge in [0.2, 0.25) is 0 Å². The third-order valence-corrected chi connectivity index (χ3v) is 2.75. The first-order valence-electron chi connectivity index (χ1n) is 5.56. The quantitative estimate of drug-likeness (QED) is 0.755. The van der Waals surface area contributed by atoms with E-state index in [9.17, 15) is 9.18 Å². The summed E-state index contributed by atoms with van der Waals surface area (Å²) in [6.45, 7) is 1.98. The molecule has 2 rings (SSSR count). The van der Waals surface area contributed by atoms with Crippen LogP contribution in [0, 0.1) is 12.7 Å². The van der Waals surface area contributed by atoms with Crippen molar-refractivity contribution in [2.24, 2.45) is 0 Å². The molecule has 0 atom stereocenters. The molecule has 92 valence electrons. The number of halogens is 1. The number of hydrogen-bond acceptors (Lipinski definition) is 2. The molecule has 0 aromatic heterocycles. The smallest absolute Gasteiger partial charge is 0.338 e. The van der Waals surface area contributed by atoms with Crippen LogP contribution in [0.5, 0.6) is 0 Å². The van der Waals surface area contributed by atoms with Gasteiger partial charge in [-0.1, -0.05) is 35.9 Å². The molecule has 0 saturated carbocycles. The maximum Gasteiger partial charge on any atom is 0.338 e. The topological polar surface area (TPSA) is 26.3 Å². The molecule has 0 bridgehead atoms. The molecule has 0 saturated heterocycles. The molecule has 0 radical (unpaired) electrons. The molecule has 0 N–H and O–H groups in total. The van der Waals surface area contributed by atoms with Crippen molar-refractivity contribution >= 4 is 5.97 Å². The van der Waals surface area contributed by atoms with Crippen molar-refractivity contribution in [3.8, 4) is 11.1 Å². The third-order valence-electron chi connectivity index (χ3n) is 2.75. The maximum atomic E-state index is 13.2. The highest BCUT2D eigenvalue weighted by Gasteiger charge is 2.14. The van der Waals surface area contributed by atoms with E-state index in [4.69, 9.17) is 0 Å². The van der Waals surface area contributed by atoms with Crippen LogP contribution < -0.4 is 0 Å². The fourth-order valence-electron chi connectivity index (χ4n) is 1.78. The van der Waals surface area contributed by atoms with Crippen molar-refractivity contribution in [2.45, 2.75) is 6.92 Å². The van der Waals surface area contributed by atoms with Gasteiger partial charge in [-0.05, 0) is 30.2 Å². The number of carbonyl (C=O) groups is 1. The molecule has 0 fully saturated rings. The van der Waals surface area contributed by atoms with Gasteiger partial charge in [-0.25, -0.2) is 9.18 Å². The molecule has 0 aliphatic carbocycles. The second kappa shape index (κ2) is 5.00. The maximum absolute atomic E-state index is 13.2. The van der Waals surface area contributed by atoms with Crippen LogP contribution in [0.3, 0.4) is 0 Å². The van der Waals surface area contributed by atoms with Crippen molar-refractivity contribution in [3.05, 3.63) is 59.4 Å². The normalized spacial score (nSPS) is 10.2. The lowest BCUT2D eigenvalue weighted by molar-refractivity contribution is 0.0601. The minimum Gasteiger partial charge on any atom is -0.465 e. The number of esters is 1. The number of rotatable bonds is 2.